The van der Waals surface area contributed by atoms with Crippen LogP contribution < -0.4 is 32.7 Å². The minimum absolute atomic E-state index is 0. The van der Waals surface area contributed by atoms with Crippen molar-refractivity contribution in [2.75, 3.05) is 32.7 Å². The fourth-order valence-corrected chi connectivity index (χ4v) is 2.26. The number of carbonyl (C=O) groups excluding carboxylic acids is 2. The van der Waals surface area contributed by atoms with Crippen LogP contribution >= 0.6 is 37.2 Å². The molecule has 0 spiro atoms. The average Bonchev–Trinajstić information content (AvgIpc) is 2.65. The van der Waals surface area contributed by atoms with Gasteiger partial charge in [0.1, 0.15) is 0 Å². The topological polar surface area (TPSA) is 178 Å². The summed E-state index contributed by atoms with van der Waals surface area (Å²) in [5, 5.41) is 27.5. The zero-order valence-corrected chi connectivity index (χ0v) is 20.3. The normalized spacial score (nSPS) is 10.8. The van der Waals surface area contributed by atoms with Gasteiger partial charge in [0.2, 0.25) is 12.1 Å². The molecule has 1 atom stereocenters. The van der Waals surface area contributed by atoms with E-state index in [1.807, 2.05) is 0 Å². The number of amides is 2. The fraction of sp³-hybridized carbons (Fsp3) is 0.722. The molecule has 0 aliphatic carbocycles. The Morgan fingerprint density at radius 3 is 2.13 bits per heavy atom. The van der Waals surface area contributed by atoms with Crippen molar-refractivity contribution in [2.24, 2.45) is 11.5 Å². The molecule has 10 N–H and O–H groups in total. The van der Waals surface area contributed by atoms with Gasteiger partial charge in [-0.3, -0.25) is 15.0 Å². The van der Waals surface area contributed by atoms with Crippen LogP contribution in [0.2, 0.25) is 0 Å². The third-order valence-electron chi connectivity index (χ3n) is 3.80. The van der Waals surface area contributed by atoms with Gasteiger partial charge in [0.05, 0.1) is 0 Å². The monoisotopic (exact) mass is 507 g/mol. The van der Waals surface area contributed by atoms with Crippen LogP contribution in [0.1, 0.15) is 44.9 Å². The number of hydrogen-bond donors (Lipinski definition) is 8. The van der Waals surface area contributed by atoms with Crippen LogP contribution in [0.5, 0.6) is 0 Å². The Hall–Kier alpha value is -1.30. The van der Waals surface area contributed by atoms with E-state index in [2.05, 4.69) is 21.3 Å². The minimum Gasteiger partial charge on any atom is -0.370 e. The molecule has 0 aliphatic heterocycles. The van der Waals surface area contributed by atoms with Crippen molar-refractivity contribution in [3.8, 4) is 0 Å². The number of rotatable bonds is 17. The first-order valence-corrected chi connectivity index (χ1v) is 9.89. The number of carbonyl (C=O) groups is 2. The van der Waals surface area contributed by atoms with Crippen molar-refractivity contribution in [3.05, 3.63) is 12.2 Å². The second-order valence-corrected chi connectivity index (χ2v) is 6.39. The van der Waals surface area contributed by atoms with E-state index in [0.29, 0.717) is 19.6 Å². The van der Waals surface area contributed by atoms with Crippen molar-refractivity contribution in [1.82, 2.24) is 21.3 Å². The van der Waals surface area contributed by atoms with Crippen LogP contribution in [0, 0.1) is 5.41 Å². The number of nitrogens with two attached hydrogens (primary N) is 2. The lowest BCUT2D eigenvalue weighted by Crippen LogP contribution is -2.46. The lowest BCUT2D eigenvalue weighted by Gasteiger charge is -2.12. The van der Waals surface area contributed by atoms with Crippen LogP contribution in [-0.2, 0) is 9.59 Å². The van der Waals surface area contributed by atoms with Gasteiger partial charge in [-0.25, -0.2) is 0 Å². The molecule has 0 rings (SSSR count). The summed E-state index contributed by atoms with van der Waals surface area (Å²) in [5.41, 5.74) is 10.6. The molecule has 0 saturated heterocycles. The number of hydrogen-bond acceptors (Lipinski definition) is 6. The van der Waals surface area contributed by atoms with Crippen LogP contribution in [0.4, 0.5) is 0 Å². The second kappa shape index (κ2) is 26.7. The Labute approximate surface area is 203 Å². The predicted molar refractivity (Wildman–Crippen MR) is 132 cm³/mol. The van der Waals surface area contributed by atoms with E-state index in [1.165, 1.54) is 6.08 Å². The van der Waals surface area contributed by atoms with Crippen LogP contribution in [0.15, 0.2) is 12.2 Å². The van der Waals surface area contributed by atoms with Crippen molar-refractivity contribution < 1.29 is 14.7 Å². The Balaban J connectivity index is -0.00000121. The van der Waals surface area contributed by atoms with Crippen molar-refractivity contribution in [2.45, 2.75) is 51.2 Å². The molecule has 0 aliphatic rings. The molecule has 31 heavy (non-hydrogen) atoms. The van der Waals surface area contributed by atoms with Gasteiger partial charge in [-0.05, 0) is 64.2 Å². The van der Waals surface area contributed by atoms with E-state index in [9.17, 15) is 14.7 Å². The first-order valence-electron chi connectivity index (χ1n) is 9.89. The zero-order chi connectivity index (χ0) is 21.0. The summed E-state index contributed by atoms with van der Waals surface area (Å²) in [5.74, 6) is -1.16. The fourth-order valence-electron chi connectivity index (χ4n) is 2.26. The molecule has 0 aromatic carbocycles. The third kappa shape index (κ3) is 26.7. The number of allylic oxidation sites excluding steroid dienone is 1. The van der Waals surface area contributed by atoms with E-state index in [4.69, 9.17) is 16.9 Å². The molecule has 186 valence electrons. The smallest absolute Gasteiger partial charge is 0.269 e. The first kappa shape index (κ1) is 37.0. The number of unbranched alkanes of at least 4 members (excludes halogenated alkanes) is 4. The lowest BCUT2D eigenvalue weighted by molar-refractivity contribution is -0.135. The number of aliphatic hydroxyl groups excluding tert-OH is 1. The number of aliphatic hydroxyl groups is 1. The van der Waals surface area contributed by atoms with Crippen molar-refractivity contribution in [1.29, 1.82) is 5.41 Å². The van der Waals surface area contributed by atoms with E-state index in [-0.39, 0.29) is 43.2 Å². The maximum absolute atomic E-state index is 11.7. The zero-order valence-electron chi connectivity index (χ0n) is 17.9. The molecule has 0 aromatic heterocycles. The van der Waals surface area contributed by atoms with Gasteiger partial charge in [-0.1, -0.05) is 12.5 Å². The van der Waals surface area contributed by atoms with E-state index < -0.39 is 18.0 Å². The predicted octanol–water partition coefficient (Wildman–Crippen LogP) is 0.121. The Morgan fingerprint density at radius 1 is 0.903 bits per heavy atom. The maximum atomic E-state index is 11.7. The number of halogens is 3. The summed E-state index contributed by atoms with van der Waals surface area (Å²) >= 11 is 0. The van der Waals surface area contributed by atoms with E-state index >= 15 is 0 Å². The van der Waals surface area contributed by atoms with Crippen LogP contribution in [0.25, 0.3) is 0 Å². The Morgan fingerprint density at radius 2 is 1.48 bits per heavy atom. The van der Waals surface area contributed by atoms with Gasteiger partial charge in [-0.2, -0.15) is 0 Å². The molecule has 0 bridgehead atoms. The van der Waals surface area contributed by atoms with Gasteiger partial charge in [0.15, 0.2) is 5.96 Å². The van der Waals surface area contributed by atoms with Gasteiger partial charge in [-0.15, -0.1) is 37.2 Å². The highest BCUT2D eigenvalue weighted by molar-refractivity contribution is 5.92. The Kier molecular flexibility index (Phi) is 31.9. The van der Waals surface area contributed by atoms with Crippen molar-refractivity contribution >= 4 is 55.0 Å². The highest BCUT2D eigenvalue weighted by atomic mass is 35.5. The maximum Gasteiger partial charge on any atom is 0.269 e. The summed E-state index contributed by atoms with van der Waals surface area (Å²) < 4.78 is 0. The summed E-state index contributed by atoms with van der Waals surface area (Å²) in [6.07, 6.45) is 7.54. The summed E-state index contributed by atoms with van der Waals surface area (Å²) in [6.45, 7) is 3.51. The largest absolute Gasteiger partial charge is 0.370 e. The van der Waals surface area contributed by atoms with Crippen LogP contribution in [0.3, 0.4) is 0 Å². The molecular formula is C18H40Cl3N7O3. The molecule has 13 heteroatoms. The summed E-state index contributed by atoms with van der Waals surface area (Å²) in [7, 11) is 0. The SMILES string of the molecule is Cl.Cl.Cl.N=C(N)NCCCCCC=CC(=O)NC(O)C(=O)NCCCCNCCCN. The molecule has 0 radical (unpaired) electrons. The molecule has 0 fully saturated rings. The molecule has 2 amide bonds. The molecular weight excluding hydrogens is 469 g/mol. The second-order valence-electron chi connectivity index (χ2n) is 6.39. The first-order chi connectivity index (χ1) is 13.5. The number of nitrogens with one attached hydrogen (secondary N) is 5. The van der Waals surface area contributed by atoms with Gasteiger partial charge < -0.3 is 37.8 Å². The van der Waals surface area contributed by atoms with Crippen molar-refractivity contribution in [3.63, 3.8) is 0 Å². The molecule has 0 heterocycles. The Bertz CT molecular complexity index is 486. The molecule has 1 unspecified atom stereocenters. The van der Waals surface area contributed by atoms with Gasteiger partial charge in [0, 0.05) is 13.1 Å². The van der Waals surface area contributed by atoms with E-state index in [0.717, 1.165) is 58.0 Å². The summed E-state index contributed by atoms with van der Waals surface area (Å²) in [6, 6.07) is 0. The van der Waals surface area contributed by atoms with E-state index in [1.54, 1.807) is 6.08 Å². The standard InChI is InChI=1S/C18H37N7O3.3ClH/c19-10-8-12-22-11-6-7-13-23-16(27)17(28)25-15(26)9-4-2-1-3-5-14-24-18(20)21;;;/h4,9,17,22,28H,1-3,5-8,10-14,19H2,(H,23,27)(H,25,26)(H4,20,21,24);3*1H. The van der Waals surface area contributed by atoms with Gasteiger partial charge >= 0.3 is 0 Å². The lowest BCUT2D eigenvalue weighted by atomic mass is 10.2. The highest BCUT2D eigenvalue weighted by Gasteiger charge is 2.15. The quantitative estimate of drug-likeness (QED) is 0.0452. The highest BCUT2D eigenvalue weighted by Crippen LogP contribution is 1.99. The summed E-state index contributed by atoms with van der Waals surface area (Å²) in [4.78, 5) is 23.4. The molecule has 0 aromatic rings. The van der Waals surface area contributed by atoms with Crippen LogP contribution in [-0.4, -0.2) is 61.8 Å². The third-order valence-corrected chi connectivity index (χ3v) is 3.80. The average molecular weight is 509 g/mol. The minimum atomic E-state index is -1.56. The molecule has 10 nitrogen and oxygen atoms in total. The van der Waals surface area contributed by atoms with Gasteiger partial charge in [0.25, 0.3) is 5.91 Å². The number of guanidine groups is 1. The molecule has 0 saturated carbocycles.